The third-order valence-corrected chi connectivity index (χ3v) is 1.14. The Morgan fingerprint density at radius 2 is 1.92 bits per heavy atom. The van der Waals surface area contributed by atoms with Crippen LogP contribution in [0.3, 0.4) is 0 Å². The maximum Gasteiger partial charge on any atom is 0.146 e. The second-order valence-corrected chi connectivity index (χ2v) is 1.97. The van der Waals surface area contributed by atoms with E-state index < -0.39 is 0 Å². The summed E-state index contributed by atoms with van der Waals surface area (Å²) in [6.07, 6.45) is 0.750. The van der Waals surface area contributed by atoms with Crippen LogP contribution in [-0.4, -0.2) is 13.3 Å². The predicted octanol–water partition coefficient (Wildman–Crippen LogP) is 2.07. The average Bonchev–Trinajstić information content (AvgIpc) is 2.07. The fourth-order valence-electron chi connectivity index (χ4n) is 0.664. The van der Waals surface area contributed by atoms with Gasteiger partial charge in [0.15, 0.2) is 0 Å². The van der Waals surface area contributed by atoms with E-state index in [0.29, 0.717) is 5.69 Å². The normalized spacial score (nSPS) is 7.92. The molecular formula is C9H12FNO. The van der Waals surface area contributed by atoms with Gasteiger partial charge in [0.05, 0.1) is 5.69 Å². The highest BCUT2D eigenvalue weighted by Crippen LogP contribution is 2.10. The quantitative estimate of drug-likeness (QED) is 0.652. The summed E-state index contributed by atoms with van der Waals surface area (Å²) >= 11 is 0. The number of carbonyl (C=O) groups excluding carboxylic acids is 1. The van der Waals surface area contributed by atoms with Gasteiger partial charge < -0.3 is 10.1 Å². The first-order valence-electron chi connectivity index (χ1n) is 3.58. The number of benzene rings is 1. The lowest BCUT2D eigenvalue weighted by atomic mass is 10.3. The standard InChI is InChI=1S/C7H8FN.C2H4O/c1-9-7-5-3-2-4-6(7)8;1-2-3/h2-5,9H,1H3;2H,1H3. The number of anilines is 1. The number of nitrogens with one attached hydrogen (secondary N) is 1. The number of hydrogen-bond donors (Lipinski definition) is 1. The fourth-order valence-corrected chi connectivity index (χ4v) is 0.664. The van der Waals surface area contributed by atoms with Crippen LogP contribution < -0.4 is 5.32 Å². The van der Waals surface area contributed by atoms with Gasteiger partial charge in [-0.1, -0.05) is 12.1 Å². The van der Waals surface area contributed by atoms with E-state index in [9.17, 15) is 4.39 Å². The second kappa shape index (κ2) is 6.34. The number of carbonyl (C=O) groups is 1. The van der Waals surface area contributed by atoms with Crippen molar-refractivity contribution in [3.8, 4) is 0 Å². The molecule has 1 N–H and O–H groups in total. The van der Waals surface area contributed by atoms with Crippen LogP contribution in [-0.2, 0) is 4.79 Å². The lowest BCUT2D eigenvalue weighted by Gasteiger charge is -1.97. The lowest BCUT2D eigenvalue weighted by Crippen LogP contribution is -1.90. The van der Waals surface area contributed by atoms with Crippen molar-refractivity contribution >= 4 is 12.0 Å². The molecule has 1 rings (SSSR count). The largest absolute Gasteiger partial charge is 0.386 e. The zero-order chi connectivity index (χ0) is 9.40. The molecule has 0 atom stereocenters. The van der Waals surface area contributed by atoms with Crippen LogP contribution in [0, 0.1) is 5.82 Å². The van der Waals surface area contributed by atoms with Gasteiger partial charge in [0.2, 0.25) is 0 Å². The van der Waals surface area contributed by atoms with E-state index in [-0.39, 0.29) is 5.82 Å². The maximum atomic E-state index is 12.5. The summed E-state index contributed by atoms with van der Waals surface area (Å²) in [5.41, 5.74) is 0.539. The van der Waals surface area contributed by atoms with E-state index in [0.717, 1.165) is 6.29 Å². The number of halogens is 1. The van der Waals surface area contributed by atoms with Crippen LogP contribution in [0.25, 0.3) is 0 Å². The number of aldehydes is 1. The minimum absolute atomic E-state index is 0.208. The van der Waals surface area contributed by atoms with Crippen LogP contribution in [0.4, 0.5) is 10.1 Å². The molecular weight excluding hydrogens is 157 g/mol. The van der Waals surface area contributed by atoms with E-state index in [4.69, 9.17) is 4.79 Å². The van der Waals surface area contributed by atoms with Crippen LogP contribution >= 0.6 is 0 Å². The molecule has 0 saturated carbocycles. The topological polar surface area (TPSA) is 29.1 Å². The highest BCUT2D eigenvalue weighted by molar-refractivity contribution is 5.44. The molecule has 0 fully saturated rings. The van der Waals surface area contributed by atoms with Gasteiger partial charge in [0, 0.05) is 7.05 Å². The Kier molecular flexibility index (Phi) is 5.61. The molecule has 0 bridgehead atoms. The van der Waals surface area contributed by atoms with Crippen molar-refractivity contribution in [3.05, 3.63) is 30.1 Å². The van der Waals surface area contributed by atoms with Gasteiger partial charge in [-0.15, -0.1) is 0 Å². The molecule has 0 aliphatic heterocycles. The Balaban J connectivity index is 0.000000354. The van der Waals surface area contributed by atoms with E-state index >= 15 is 0 Å². The van der Waals surface area contributed by atoms with Crippen molar-refractivity contribution in [3.63, 3.8) is 0 Å². The summed E-state index contributed by atoms with van der Waals surface area (Å²) in [4.78, 5) is 8.81. The Morgan fingerprint density at radius 1 is 1.42 bits per heavy atom. The maximum absolute atomic E-state index is 12.5. The first kappa shape index (κ1) is 10.6. The molecule has 1 aromatic rings. The Bertz CT molecular complexity index is 238. The Labute approximate surface area is 71.4 Å². The van der Waals surface area contributed by atoms with E-state index in [1.807, 2.05) is 0 Å². The van der Waals surface area contributed by atoms with Crippen molar-refractivity contribution in [2.45, 2.75) is 6.92 Å². The smallest absolute Gasteiger partial charge is 0.146 e. The molecule has 0 saturated heterocycles. The minimum atomic E-state index is -0.208. The molecule has 0 unspecified atom stereocenters. The van der Waals surface area contributed by atoms with E-state index in [2.05, 4.69) is 5.32 Å². The Hall–Kier alpha value is -1.38. The molecule has 0 aromatic heterocycles. The van der Waals surface area contributed by atoms with Crippen molar-refractivity contribution < 1.29 is 9.18 Å². The minimum Gasteiger partial charge on any atom is -0.386 e. The first-order valence-corrected chi connectivity index (χ1v) is 3.58. The number of hydrogen-bond acceptors (Lipinski definition) is 2. The van der Waals surface area contributed by atoms with Gasteiger partial charge in [-0.3, -0.25) is 0 Å². The van der Waals surface area contributed by atoms with Crippen LogP contribution in [0.2, 0.25) is 0 Å². The third kappa shape index (κ3) is 3.71. The van der Waals surface area contributed by atoms with Gasteiger partial charge in [-0.05, 0) is 19.1 Å². The molecule has 0 heterocycles. The summed E-state index contributed by atoms with van der Waals surface area (Å²) < 4.78 is 12.5. The van der Waals surface area contributed by atoms with Crippen molar-refractivity contribution in [1.29, 1.82) is 0 Å². The molecule has 0 aliphatic rings. The Morgan fingerprint density at radius 3 is 2.25 bits per heavy atom. The van der Waals surface area contributed by atoms with Crippen molar-refractivity contribution in [1.82, 2.24) is 0 Å². The molecule has 0 aliphatic carbocycles. The summed E-state index contributed by atoms with van der Waals surface area (Å²) in [6, 6.07) is 6.56. The molecule has 0 radical (unpaired) electrons. The number of rotatable bonds is 1. The monoisotopic (exact) mass is 169 g/mol. The van der Waals surface area contributed by atoms with Crippen molar-refractivity contribution in [2.24, 2.45) is 0 Å². The van der Waals surface area contributed by atoms with Crippen LogP contribution in [0.15, 0.2) is 24.3 Å². The van der Waals surface area contributed by atoms with Gasteiger partial charge in [-0.2, -0.15) is 0 Å². The third-order valence-electron chi connectivity index (χ3n) is 1.14. The van der Waals surface area contributed by atoms with Crippen LogP contribution in [0.1, 0.15) is 6.92 Å². The highest BCUT2D eigenvalue weighted by Gasteiger charge is 1.93. The van der Waals surface area contributed by atoms with Gasteiger partial charge in [0.25, 0.3) is 0 Å². The summed E-state index contributed by atoms with van der Waals surface area (Å²) in [7, 11) is 1.69. The molecule has 0 spiro atoms. The molecule has 66 valence electrons. The van der Waals surface area contributed by atoms with Gasteiger partial charge >= 0.3 is 0 Å². The zero-order valence-electron chi connectivity index (χ0n) is 7.17. The lowest BCUT2D eigenvalue weighted by molar-refractivity contribution is -0.106. The van der Waals surface area contributed by atoms with Gasteiger partial charge in [-0.25, -0.2) is 4.39 Å². The van der Waals surface area contributed by atoms with Crippen molar-refractivity contribution in [2.75, 3.05) is 12.4 Å². The molecule has 3 heteroatoms. The summed E-state index contributed by atoms with van der Waals surface area (Å²) in [5.74, 6) is -0.208. The average molecular weight is 169 g/mol. The van der Waals surface area contributed by atoms with Crippen LogP contribution in [0.5, 0.6) is 0 Å². The van der Waals surface area contributed by atoms with E-state index in [1.54, 1.807) is 25.2 Å². The second-order valence-electron chi connectivity index (χ2n) is 1.97. The molecule has 1 aromatic carbocycles. The van der Waals surface area contributed by atoms with Gasteiger partial charge in [0.1, 0.15) is 12.1 Å². The highest BCUT2D eigenvalue weighted by atomic mass is 19.1. The molecule has 2 nitrogen and oxygen atoms in total. The first-order chi connectivity index (χ1) is 5.76. The van der Waals surface area contributed by atoms with E-state index in [1.165, 1.54) is 13.0 Å². The fraction of sp³-hybridized carbons (Fsp3) is 0.222. The zero-order valence-corrected chi connectivity index (χ0v) is 7.17. The number of para-hydroxylation sites is 1. The molecule has 12 heavy (non-hydrogen) atoms. The predicted molar refractivity (Wildman–Crippen MR) is 47.7 cm³/mol. The summed E-state index contributed by atoms with van der Waals surface area (Å²) in [6.45, 7) is 1.44. The summed E-state index contributed by atoms with van der Waals surface area (Å²) in [5, 5.41) is 2.72. The molecule has 0 amide bonds. The SMILES string of the molecule is CC=O.CNc1ccccc1F.